The normalized spacial score (nSPS) is 15.1. The molecule has 2 saturated heterocycles. The van der Waals surface area contributed by atoms with Crippen molar-refractivity contribution in [3.05, 3.63) is 71.6 Å². The molecule has 0 bridgehead atoms. The highest BCUT2D eigenvalue weighted by atomic mass is 16.4. The zero-order chi connectivity index (χ0) is 25.1. The molecule has 3 aliphatic heterocycles. The molecule has 0 unspecified atom stereocenters. The van der Waals surface area contributed by atoms with Crippen molar-refractivity contribution in [2.24, 2.45) is 0 Å². The van der Waals surface area contributed by atoms with Crippen molar-refractivity contribution in [1.29, 1.82) is 0 Å². The molecular formula is C29H26N2O5. The van der Waals surface area contributed by atoms with Gasteiger partial charge in [-0.25, -0.2) is 4.58 Å². The second-order valence-corrected chi connectivity index (χ2v) is 9.14. The second kappa shape index (κ2) is 10.2. The Hall–Kier alpha value is -4.22. The molecule has 0 amide bonds. The Morgan fingerprint density at radius 2 is 1.61 bits per heavy atom. The Bertz CT molecular complexity index is 1500. The summed E-state index contributed by atoms with van der Waals surface area (Å²) < 4.78 is 8.88. The van der Waals surface area contributed by atoms with Gasteiger partial charge in [0.1, 0.15) is 24.4 Å². The Labute approximate surface area is 208 Å². The topological polar surface area (TPSA) is 93.7 Å². The summed E-state index contributed by atoms with van der Waals surface area (Å²) in [5.74, 6) is -0.399. The molecule has 0 radical (unpaired) electrons. The van der Waals surface area contributed by atoms with Gasteiger partial charge in [0, 0.05) is 65.8 Å². The second-order valence-electron chi connectivity index (χ2n) is 9.14. The van der Waals surface area contributed by atoms with Crippen LogP contribution in [0.5, 0.6) is 0 Å². The lowest BCUT2D eigenvalue weighted by Crippen LogP contribution is -2.26. The zero-order valence-electron chi connectivity index (χ0n) is 19.9. The summed E-state index contributed by atoms with van der Waals surface area (Å²) >= 11 is 0. The first-order valence-electron chi connectivity index (χ1n) is 12.2. The van der Waals surface area contributed by atoms with Crippen LogP contribution in [-0.4, -0.2) is 38.3 Å². The van der Waals surface area contributed by atoms with Crippen LogP contribution in [-0.2, 0) is 9.59 Å². The number of benzene rings is 3. The molecule has 6 rings (SSSR count). The SMILES string of the molecule is O=C([O-])c1ccccc1-c1c2ccc(=[N+]3CCCC3)cc-2oc2cc(N3CCCC3)ccc12.O=C=O. The van der Waals surface area contributed by atoms with E-state index in [9.17, 15) is 9.90 Å². The van der Waals surface area contributed by atoms with Gasteiger partial charge in [-0.2, -0.15) is 9.59 Å². The molecule has 2 aromatic rings. The number of carbonyl (C=O) groups excluding carboxylic acids is 3. The molecule has 7 nitrogen and oxygen atoms in total. The maximum Gasteiger partial charge on any atom is 0.373 e. The van der Waals surface area contributed by atoms with E-state index in [1.54, 1.807) is 12.1 Å². The minimum atomic E-state index is -1.17. The lowest BCUT2D eigenvalue weighted by molar-refractivity contribution is -0.255. The average Bonchev–Trinajstić information content (AvgIpc) is 3.62. The molecule has 1 aliphatic carbocycles. The van der Waals surface area contributed by atoms with Crippen molar-refractivity contribution in [3.8, 4) is 22.5 Å². The summed E-state index contributed by atoms with van der Waals surface area (Å²) in [5.41, 5.74) is 4.57. The Morgan fingerprint density at radius 3 is 2.33 bits per heavy atom. The summed E-state index contributed by atoms with van der Waals surface area (Å²) in [5, 5.41) is 14.0. The lowest BCUT2D eigenvalue weighted by Gasteiger charge is -2.21. The third kappa shape index (κ3) is 4.41. The van der Waals surface area contributed by atoms with E-state index in [0.717, 1.165) is 65.1 Å². The van der Waals surface area contributed by atoms with E-state index in [1.807, 2.05) is 12.1 Å². The number of aromatic carboxylic acids is 1. The van der Waals surface area contributed by atoms with Gasteiger partial charge in [0.2, 0.25) is 5.36 Å². The standard InChI is InChI=1S/C28H26N2O3.CO2/c31-28(32)22-8-2-1-7-21(22)27-23-11-9-19(29-13-3-4-14-29)17-25(23)33-26-18-20(10-12-24(26)27)30-15-5-6-16-30;2-1-3/h1-2,7-12,17-18H,3-6,13-16H2;. The Balaban J connectivity index is 0.000000848. The van der Waals surface area contributed by atoms with Gasteiger partial charge in [-0.1, -0.05) is 24.3 Å². The molecule has 0 N–H and O–H groups in total. The minimum absolute atomic E-state index is 0.193. The number of fused-ring (bicyclic) bond motifs is 2. The number of hydrogen-bond acceptors (Lipinski definition) is 6. The van der Waals surface area contributed by atoms with Crippen molar-refractivity contribution >= 4 is 28.8 Å². The molecule has 0 aromatic heterocycles. The number of nitrogens with zero attached hydrogens (tertiary/aromatic N) is 2. The highest BCUT2D eigenvalue weighted by Gasteiger charge is 2.22. The number of anilines is 1. The minimum Gasteiger partial charge on any atom is -0.545 e. The summed E-state index contributed by atoms with van der Waals surface area (Å²) in [4.78, 5) is 30.6. The van der Waals surface area contributed by atoms with Crippen molar-refractivity contribution < 1.29 is 23.9 Å². The van der Waals surface area contributed by atoms with E-state index < -0.39 is 5.97 Å². The number of carboxylic acid groups (broad SMARTS) is 1. The van der Waals surface area contributed by atoms with E-state index in [2.05, 4.69) is 45.9 Å². The Morgan fingerprint density at radius 1 is 0.889 bits per heavy atom. The van der Waals surface area contributed by atoms with Crippen LogP contribution in [0.1, 0.15) is 36.0 Å². The quantitative estimate of drug-likeness (QED) is 0.329. The van der Waals surface area contributed by atoms with Gasteiger partial charge < -0.3 is 19.2 Å². The zero-order valence-corrected chi connectivity index (χ0v) is 19.9. The van der Waals surface area contributed by atoms with Crippen LogP contribution in [0.25, 0.3) is 33.4 Å². The first kappa shape index (κ1) is 23.5. The molecule has 0 saturated carbocycles. The largest absolute Gasteiger partial charge is 0.545 e. The highest BCUT2D eigenvalue weighted by molar-refractivity contribution is 6.07. The fraction of sp³-hybridized carbons (Fsp3) is 0.276. The van der Waals surface area contributed by atoms with Crippen molar-refractivity contribution in [1.82, 2.24) is 4.58 Å². The number of carboxylic acids is 1. The summed E-state index contributed by atoms with van der Waals surface area (Å²) in [6, 6.07) is 19.7. The van der Waals surface area contributed by atoms with Gasteiger partial charge >= 0.3 is 6.15 Å². The smallest absolute Gasteiger partial charge is 0.373 e. The number of hydrogen-bond donors (Lipinski definition) is 0. The van der Waals surface area contributed by atoms with Crippen LogP contribution in [0.3, 0.4) is 0 Å². The average molecular weight is 483 g/mol. The van der Waals surface area contributed by atoms with Crippen LogP contribution < -0.4 is 19.9 Å². The van der Waals surface area contributed by atoms with E-state index in [1.165, 1.54) is 25.7 Å². The van der Waals surface area contributed by atoms with Crippen molar-refractivity contribution in [2.45, 2.75) is 25.7 Å². The third-order valence-electron chi connectivity index (χ3n) is 7.05. The van der Waals surface area contributed by atoms with Crippen LogP contribution in [0.4, 0.5) is 5.69 Å². The maximum absolute atomic E-state index is 12.0. The van der Waals surface area contributed by atoms with E-state index >= 15 is 0 Å². The van der Waals surface area contributed by atoms with E-state index in [0.29, 0.717) is 5.56 Å². The van der Waals surface area contributed by atoms with Crippen molar-refractivity contribution in [2.75, 3.05) is 31.1 Å². The lowest BCUT2D eigenvalue weighted by atomic mass is 9.90. The number of carbonyl (C=O) groups is 1. The predicted molar refractivity (Wildman–Crippen MR) is 133 cm³/mol. The molecule has 3 heterocycles. The molecule has 2 fully saturated rings. The first-order valence-corrected chi connectivity index (χ1v) is 12.2. The van der Waals surface area contributed by atoms with Gasteiger partial charge in [0.15, 0.2) is 0 Å². The molecule has 182 valence electrons. The van der Waals surface area contributed by atoms with Crippen LogP contribution >= 0.6 is 0 Å². The van der Waals surface area contributed by atoms with Crippen LogP contribution in [0.15, 0.2) is 65.1 Å². The van der Waals surface area contributed by atoms with E-state index in [-0.39, 0.29) is 11.7 Å². The monoisotopic (exact) mass is 482 g/mol. The van der Waals surface area contributed by atoms with Gasteiger partial charge in [-0.3, -0.25) is 0 Å². The highest BCUT2D eigenvalue weighted by Crippen LogP contribution is 2.42. The summed E-state index contributed by atoms with van der Waals surface area (Å²) in [6.45, 7) is 4.22. The fourth-order valence-corrected chi connectivity index (χ4v) is 5.38. The van der Waals surface area contributed by atoms with E-state index in [4.69, 9.17) is 14.0 Å². The molecule has 2 aromatic carbocycles. The number of rotatable bonds is 3. The van der Waals surface area contributed by atoms with Gasteiger partial charge in [-0.05, 0) is 36.6 Å². The predicted octanol–water partition coefficient (Wildman–Crippen LogP) is 3.15. The molecule has 4 aliphatic rings. The summed E-state index contributed by atoms with van der Waals surface area (Å²) in [7, 11) is 0. The molecule has 0 spiro atoms. The van der Waals surface area contributed by atoms with Crippen LogP contribution in [0, 0.1) is 0 Å². The molecule has 36 heavy (non-hydrogen) atoms. The van der Waals surface area contributed by atoms with Crippen molar-refractivity contribution in [3.63, 3.8) is 0 Å². The summed E-state index contributed by atoms with van der Waals surface area (Å²) in [6.07, 6.45) is 5.07. The Kier molecular flexibility index (Phi) is 6.65. The van der Waals surface area contributed by atoms with Gasteiger partial charge in [0.25, 0.3) is 0 Å². The molecule has 0 atom stereocenters. The molecular weight excluding hydrogens is 456 g/mol. The third-order valence-corrected chi connectivity index (χ3v) is 7.05. The fourth-order valence-electron chi connectivity index (χ4n) is 5.38. The van der Waals surface area contributed by atoms with Crippen LogP contribution in [0.2, 0.25) is 0 Å². The molecule has 7 heteroatoms. The van der Waals surface area contributed by atoms with Gasteiger partial charge in [0.05, 0.1) is 12.0 Å². The van der Waals surface area contributed by atoms with Gasteiger partial charge in [-0.15, -0.1) is 0 Å². The maximum atomic E-state index is 12.0. The first-order chi connectivity index (χ1) is 17.6.